The molecule has 2 rings (SSSR count). The highest BCUT2D eigenvalue weighted by Gasteiger charge is 2.30. The predicted octanol–water partition coefficient (Wildman–Crippen LogP) is 3.65. The van der Waals surface area contributed by atoms with E-state index in [1.165, 1.54) is 51.4 Å². The Bertz CT molecular complexity index is 245. The first-order chi connectivity index (χ1) is 8.31. The van der Waals surface area contributed by atoms with Gasteiger partial charge in [-0.25, -0.2) is 0 Å². The molecule has 0 aromatic carbocycles. The maximum atomic E-state index is 12.1. The van der Waals surface area contributed by atoms with Gasteiger partial charge in [0, 0.05) is 12.0 Å². The lowest BCUT2D eigenvalue weighted by Gasteiger charge is -2.22. The maximum absolute atomic E-state index is 12.1. The molecule has 0 aromatic heterocycles. The number of rotatable bonds is 5. The van der Waals surface area contributed by atoms with Crippen molar-refractivity contribution < 1.29 is 4.79 Å². The molecule has 2 saturated carbocycles. The van der Waals surface area contributed by atoms with Gasteiger partial charge >= 0.3 is 0 Å². The third-order valence-electron chi connectivity index (χ3n) is 4.64. The molecule has 1 amide bonds. The number of hydrogen-bond acceptors (Lipinski definition) is 1. The minimum absolute atomic E-state index is 0.336. The van der Waals surface area contributed by atoms with E-state index in [0.29, 0.717) is 17.9 Å². The molecule has 0 aliphatic heterocycles. The molecule has 2 fully saturated rings. The lowest BCUT2D eigenvalue weighted by molar-refractivity contribution is -0.125. The Morgan fingerprint density at radius 2 is 1.88 bits per heavy atom. The fourth-order valence-corrected chi connectivity index (χ4v) is 3.53. The maximum Gasteiger partial charge on any atom is 0.223 e. The summed E-state index contributed by atoms with van der Waals surface area (Å²) in [6, 6.07) is 0.495. The molecule has 2 nitrogen and oxygen atoms in total. The summed E-state index contributed by atoms with van der Waals surface area (Å²) < 4.78 is 0. The van der Waals surface area contributed by atoms with Gasteiger partial charge in [0.15, 0.2) is 0 Å². The molecule has 0 radical (unpaired) electrons. The minimum Gasteiger partial charge on any atom is -0.353 e. The van der Waals surface area contributed by atoms with Crippen molar-refractivity contribution in [3.63, 3.8) is 0 Å². The van der Waals surface area contributed by atoms with Crippen molar-refractivity contribution in [3.8, 4) is 0 Å². The van der Waals surface area contributed by atoms with E-state index in [-0.39, 0.29) is 0 Å². The van der Waals surface area contributed by atoms with Crippen molar-refractivity contribution in [2.45, 2.75) is 77.2 Å². The average molecular weight is 237 g/mol. The van der Waals surface area contributed by atoms with Crippen LogP contribution in [0.3, 0.4) is 0 Å². The van der Waals surface area contributed by atoms with Gasteiger partial charge in [0.25, 0.3) is 0 Å². The number of carbonyl (C=O) groups excluding carboxylic acids is 1. The van der Waals surface area contributed by atoms with Gasteiger partial charge in [-0.05, 0) is 38.0 Å². The summed E-state index contributed by atoms with van der Waals surface area (Å²) in [6.07, 6.45) is 12.5. The molecule has 0 saturated heterocycles. The molecule has 17 heavy (non-hydrogen) atoms. The Morgan fingerprint density at radius 1 is 1.12 bits per heavy atom. The van der Waals surface area contributed by atoms with Crippen molar-refractivity contribution >= 4 is 5.91 Å². The Balaban J connectivity index is 1.78. The molecule has 1 N–H and O–H groups in total. The topological polar surface area (TPSA) is 29.1 Å². The summed E-state index contributed by atoms with van der Waals surface area (Å²) >= 11 is 0. The third-order valence-corrected chi connectivity index (χ3v) is 4.64. The van der Waals surface area contributed by atoms with E-state index in [1.807, 2.05) is 0 Å². The minimum atomic E-state index is 0.336. The zero-order valence-electron chi connectivity index (χ0n) is 11.2. The second-order valence-electron chi connectivity index (χ2n) is 5.93. The van der Waals surface area contributed by atoms with Crippen LogP contribution in [0, 0.1) is 11.8 Å². The number of nitrogens with one attached hydrogen (secondary N) is 1. The predicted molar refractivity (Wildman–Crippen MR) is 70.8 cm³/mol. The van der Waals surface area contributed by atoms with E-state index in [2.05, 4.69) is 12.2 Å². The van der Waals surface area contributed by atoms with Crippen LogP contribution in [0.4, 0.5) is 0 Å². The molecule has 2 aliphatic rings. The zero-order chi connectivity index (χ0) is 12.1. The summed E-state index contributed by atoms with van der Waals surface area (Å²) in [5, 5.41) is 3.34. The molecular weight excluding hydrogens is 210 g/mol. The Hall–Kier alpha value is -0.530. The average Bonchev–Trinajstić information content (AvgIpc) is 2.97. The second-order valence-corrected chi connectivity index (χ2v) is 5.93. The molecule has 0 spiro atoms. The largest absolute Gasteiger partial charge is 0.353 e. The van der Waals surface area contributed by atoms with E-state index in [0.717, 1.165) is 18.8 Å². The Morgan fingerprint density at radius 3 is 2.59 bits per heavy atom. The van der Waals surface area contributed by atoms with Crippen molar-refractivity contribution in [2.75, 3.05) is 0 Å². The fourth-order valence-electron chi connectivity index (χ4n) is 3.53. The van der Waals surface area contributed by atoms with Crippen molar-refractivity contribution in [2.24, 2.45) is 11.8 Å². The van der Waals surface area contributed by atoms with Crippen LogP contribution >= 0.6 is 0 Å². The zero-order valence-corrected chi connectivity index (χ0v) is 11.2. The number of unbranched alkanes of at least 4 members (excludes halogenated alkanes) is 1. The van der Waals surface area contributed by atoms with Gasteiger partial charge in [0.05, 0.1) is 0 Å². The molecule has 2 heteroatoms. The van der Waals surface area contributed by atoms with Crippen LogP contribution in [-0.2, 0) is 4.79 Å². The smallest absolute Gasteiger partial charge is 0.223 e. The van der Waals surface area contributed by atoms with E-state index < -0.39 is 0 Å². The molecule has 2 atom stereocenters. The standard InChI is InChI=1S/C15H27NO/c1-2-3-7-12-10-6-11-14(12)16-15(17)13-8-4-5-9-13/h12-14H,2-11H2,1H3,(H,16,17)/t12-,14-/m1/s1. The van der Waals surface area contributed by atoms with Crippen molar-refractivity contribution in [1.82, 2.24) is 5.32 Å². The van der Waals surface area contributed by atoms with Crippen molar-refractivity contribution in [1.29, 1.82) is 0 Å². The Kier molecular flexibility index (Phi) is 4.87. The SMILES string of the molecule is CCCC[C@@H]1CCC[C@H]1NC(=O)C1CCCC1. The fraction of sp³-hybridized carbons (Fsp3) is 0.933. The van der Waals surface area contributed by atoms with Crippen LogP contribution in [0.25, 0.3) is 0 Å². The van der Waals surface area contributed by atoms with Crippen LogP contribution in [-0.4, -0.2) is 11.9 Å². The van der Waals surface area contributed by atoms with Gasteiger partial charge in [-0.15, -0.1) is 0 Å². The van der Waals surface area contributed by atoms with Crippen LogP contribution in [0.2, 0.25) is 0 Å². The van der Waals surface area contributed by atoms with E-state index >= 15 is 0 Å². The lowest BCUT2D eigenvalue weighted by Crippen LogP contribution is -2.40. The highest BCUT2D eigenvalue weighted by atomic mass is 16.1. The normalized spacial score (nSPS) is 29.7. The summed E-state index contributed by atoms with van der Waals surface area (Å²) in [4.78, 5) is 12.1. The second kappa shape index (κ2) is 6.42. The molecule has 0 aromatic rings. The molecule has 0 bridgehead atoms. The molecule has 2 aliphatic carbocycles. The van der Waals surface area contributed by atoms with Crippen LogP contribution in [0.15, 0.2) is 0 Å². The van der Waals surface area contributed by atoms with Gasteiger partial charge in [-0.2, -0.15) is 0 Å². The summed E-state index contributed by atoms with van der Waals surface area (Å²) in [7, 11) is 0. The first-order valence-corrected chi connectivity index (χ1v) is 7.61. The summed E-state index contributed by atoms with van der Waals surface area (Å²) in [5.41, 5.74) is 0. The summed E-state index contributed by atoms with van der Waals surface area (Å²) in [5.74, 6) is 1.46. The van der Waals surface area contributed by atoms with Crippen LogP contribution < -0.4 is 5.32 Å². The first-order valence-electron chi connectivity index (χ1n) is 7.61. The van der Waals surface area contributed by atoms with E-state index in [4.69, 9.17) is 0 Å². The highest BCUT2D eigenvalue weighted by molar-refractivity contribution is 5.79. The van der Waals surface area contributed by atoms with E-state index in [9.17, 15) is 4.79 Å². The van der Waals surface area contributed by atoms with Crippen LogP contribution in [0.5, 0.6) is 0 Å². The molecular formula is C15H27NO. The lowest BCUT2D eigenvalue weighted by atomic mass is 9.96. The van der Waals surface area contributed by atoms with Gasteiger partial charge in [0.2, 0.25) is 5.91 Å². The summed E-state index contributed by atoms with van der Waals surface area (Å²) in [6.45, 7) is 2.25. The van der Waals surface area contributed by atoms with Crippen molar-refractivity contribution in [3.05, 3.63) is 0 Å². The first kappa shape index (κ1) is 12.9. The molecule has 0 heterocycles. The molecule has 0 unspecified atom stereocenters. The van der Waals surface area contributed by atoms with Gasteiger partial charge in [-0.3, -0.25) is 4.79 Å². The highest BCUT2D eigenvalue weighted by Crippen LogP contribution is 2.31. The Labute approximate surface area is 106 Å². The van der Waals surface area contributed by atoms with Gasteiger partial charge in [0.1, 0.15) is 0 Å². The number of carbonyl (C=O) groups is 1. The number of amides is 1. The van der Waals surface area contributed by atoms with E-state index in [1.54, 1.807) is 0 Å². The van der Waals surface area contributed by atoms with Crippen LogP contribution in [0.1, 0.15) is 71.1 Å². The van der Waals surface area contributed by atoms with Gasteiger partial charge < -0.3 is 5.32 Å². The monoisotopic (exact) mass is 237 g/mol. The molecule has 98 valence electrons. The third kappa shape index (κ3) is 3.46. The quantitative estimate of drug-likeness (QED) is 0.777. The number of hydrogen-bond donors (Lipinski definition) is 1. The van der Waals surface area contributed by atoms with Gasteiger partial charge in [-0.1, -0.05) is 39.0 Å².